The number of benzene rings is 2. The Morgan fingerprint density at radius 2 is 1.96 bits per heavy atom. The molecule has 0 amide bonds. The number of likely N-dealkylation sites (N-methyl/N-ethyl adjacent to an activating group) is 1. The molecule has 0 saturated carbocycles. The minimum atomic E-state index is -3.70. The number of hydrogen-bond acceptors (Lipinski definition) is 4. The lowest BCUT2D eigenvalue weighted by molar-refractivity contribution is 0.265. The van der Waals surface area contributed by atoms with Crippen molar-refractivity contribution in [2.24, 2.45) is 0 Å². The molecule has 0 aromatic heterocycles. The SMILES string of the molecule is COc1ccc(NS(=O)(=O)c2cccc(Cl)c2)c2c1C[C@@H](N(C)C)CC2. The van der Waals surface area contributed by atoms with E-state index in [-0.39, 0.29) is 4.90 Å². The summed E-state index contributed by atoms with van der Waals surface area (Å²) in [5.41, 5.74) is 2.69. The molecular weight excluding hydrogens is 372 g/mol. The van der Waals surface area contributed by atoms with Crippen LogP contribution < -0.4 is 9.46 Å². The number of nitrogens with zero attached hydrogens (tertiary/aromatic N) is 1. The predicted octanol–water partition coefficient (Wildman–Crippen LogP) is 3.57. The third-order valence-corrected chi connectivity index (χ3v) is 6.45. The Hall–Kier alpha value is -1.76. The summed E-state index contributed by atoms with van der Waals surface area (Å²) < 4.78 is 33.8. The third-order valence-electron chi connectivity index (χ3n) is 4.86. The second-order valence-corrected chi connectivity index (χ2v) is 8.81. The van der Waals surface area contributed by atoms with Crippen molar-refractivity contribution < 1.29 is 13.2 Å². The van der Waals surface area contributed by atoms with Gasteiger partial charge < -0.3 is 9.64 Å². The number of sulfonamides is 1. The average molecular weight is 395 g/mol. The maximum atomic E-state index is 12.8. The Balaban J connectivity index is 1.98. The van der Waals surface area contributed by atoms with E-state index >= 15 is 0 Å². The lowest BCUT2D eigenvalue weighted by Gasteiger charge is -2.32. The zero-order valence-corrected chi connectivity index (χ0v) is 16.7. The van der Waals surface area contributed by atoms with Gasteiger partial charge in [0.25, 0.3) is 10.0 Å². The van der Waals surface area contributed by atoms with Crippen molar-refractivity contribution in [3.63, 3.8) is 0 Å². The Morgan fingerprint density at radius 3 is 2.62 bits per heavy atom. The van der Waals surface area contributed by atoms with E-state index in [1.807, 2.05) is 6.07 Å². The summed E-state index contributed by atoms with van der Waals surface area (Å²) in [4.78, 5) is 2.35. The molecule has 1 atom stereocenters. The van der Waals surface area contributed by atoms with E-state index in [9.17, 15) is 8.42 Å². The first-order valence-corrected chi connectivity index (χ1v) is 10.3. The van der Waals surface area contributed by atoms with Crippen LogP contribution in [0.5, 0.6) is 5.75 Å². The van der Waals surface area contributed by atoms with E-state index in [1.165, 1.54) is 12.1 Å². The summed E-state index contributed by atoms with van der Waals surface area (Å²) in [5, 5.41) is 0.387. The lowest BCUT2D eigenvalue weighted by Crippen LogP contribution is -2.34. The fourth-order valence-electron chi connectivity index (χ4n) is 3.39. The van der Waals surface area contributed by atoms with Gasteiger partial charge in [-0.1, -0.05) is 17.7 Å². The molecule has 1 aliphatic rings. The van der Waals surface area contributed by atoms with Gasteiger partial charge in [-0.25, -0.2) is 8.42 Å². The molecule has 26 heavy (non-hydrogen) atoms. The van der Waals surface area contributed by atoms with Crippen LogP contribution in [0.4, 0.5) is 5.69 Å². The summed E-state index contributed by atoms with van der Waals surface area (Å²) in [7, 11) is 2.07. The highest BCUT2D eigenvalue weighted by Gasteiger charge is 2.27. The normalized spacial score (nSPS) is 17.0. The predicted molar refractivity (Wildman–Crippen MR) is 105 cm³/mol. The molecular formula is C19H23ClN2O3S. The third kappa shape index (κ3) is 3.82. The van der Waals surface area contributed by atoms with E-state index in [1.54, 1.807) is 25.3 Å². The van der Waals surface area contributed by atoms with Gasteiger partial charge in [0.2, 0.25) is 0 Å². The highest BCUT2D eigenvalue weighted by Crippen LogP contribution is 2.36. The molecule has 140 valence electrons. The number of hydrogen-bond donors (Lipinski definition) is 1. The highest BCUT2D eigenvalue weighted by molar-refractivity contribution is 7.92. The molecule has 5 nitrogen and oxygen atoms in total. The topological polar surface area (TPSA) is 58.6 Å². The van der Waals surface area contributed by atoms with Crippen molar-refractivity contribution >= 4 is 27.3 Å². The number of halogens is 1. The average Bonchev–Trinajstić information content (AvgIpc) is 2.61. The number of ether oxygens (including phenoxy) is 1. The van der Waals surface area contributed by atoms with Crippen molar-refractivity contribution in [2.45, 2.75) is 30.2 Å². The molecule has 1 N–H and O–H groups in total. The summed E-state index contributed by atoms with van der Waals surface area (Å²) in [6.07, 6.45) is 2.60. The van der Waals surface area contributed by atoms with Crippen LogP contribution in [0.25, 0.3) is 0 Å². The van der Waals surface area contributed by atoms with Crippen LogP contribution in [0.1, 0.15) is 17.5 Å². The molecule has 2 aromatic carbocycles. The molecule has 0 fully saturated rings. The maximum absolute atomic E-state index is 12.8. The van der Waals surface area contributed by atoms with E-state index in [4.69, 9.17) is 16.3 Å². The van der Waals surface area contributed by atoms with Crippen LogP contribution in [-0.4, -0.2) is 40.6 Å². The van der Waals surface area contributed by atoms with Crippen molar-refractivity contribution in [1.82, 2.24) is 4.90 Å². The summed E-state index contributed by atoms with van der Waals surface area (Å²) in [6, 6.07) is 10.3. The van der Waals surface area contributed by atoms with Crippen LogP contribution in [0, 0.1) is 0 Å². The van der Waals surface area contributed by atoms with Crippen LogP contribution in [-0.2, 0) is 22.9 Å². The second-order valence-electron chi connectivity index (χ2n) is 6.70. The largest absolute Gasteiger partial charge is 0.496 e. The first kappa shape index (κ1) is 19.0. The Labute approximate surface area is 160 Å². The van der Waals surface area contributed by atoms with Crippen molar-refractivity contribution in [3.05, 3.63) is 52.5 Å². The molecule has 0 unspecified atom stereocenters. The second kappa shape index (κ2) is 7.47. The standard InChI is InChI=1S/C19H23ClN2O3S/c1-22(2)14-7-8-16-17(12-14)19(25-3)10-9-18(16)21-26(23,24)15-6-4-5-13(20)11-15/h4-6,9-11,14,21H,7-8,12H2,1-3H3/t14-/m0/s1. The van der Waals surface area contributed by atoms with E-state index in [0.717, 1.165) is 36.1 Å². The number of methoxy groups -OCH3 is 1. The van der Waals surface area contributed by atoms with Gasteiger partial charge in [-0.05, 0) is 69.3 Å². The van der Waals surface area contributed by atoms with Gasteiger partial charge >= 0.3 is 0 Å². The van der Waals surface area contributed by atoms with E-state index in [0.29, 0.717) is 16.8 Å². The zero-order valence-electron chi connectivity index (χ0n) is 15.1. The molecule has 2 aromatic rings. The van der Waals surface area contributed by atoms with Crippen molar-refractivity contribution in [3.8, 4) is 5.75 Å². The van der Waals surface area contributed by atoms with E-state index in [2.05, 4.69) is 23.7 Å². The van der Waals surface area contributed by atoms with Gasteiger partial charge in [-0.15, -0.1) is 0 Å². The Morgan fingerprint density at radius 1 is 1.19 bits per heavy atom. The fourth-order valence-corrected chi connectivity index (χ4v) is 4.79. The lowest BCUT2D eigenvalue weighted by atomic mass is 9.86. The van der Waals surface area contributed by atoms with Gasteiger partial charge in [0.05, 0.1) is 17.7 Å². The van der Waals surface area contributed by atoms with Gasteiger partial charge in [0.1, 0.15) is 5.75 Å². The van der Waals surface area contributed by atoms with Gasteiger partial charge in [0, 0.05) is 16.6 Å². The molecule has 0 aliphatic heterocycles. The van der Waals surface area contributed by atoms with Crippen molar-refractivity contribution in [2.75, 3.05) is 25.9 Å². The zero-order chi connectivity index (χ0) is 18.9. The van der Waals surface area contributed by atoms with Gasteiger partial charge in [0.15, 0.2) is 0 Å². The summed E-state index contributed by atoms with van der Waals surface area (Å²) in [5.74, 6) is 0.803. The summed E-state index contributed by atoms with van der Waals surface area (Å²) in [6.45, 7) is 0. The summed E-state index contributed by atoms with van der Waals surface area (Å²) >= 11 is 5.94. The maximum Gasteiger partial charge on any atom is 0.261 e. The van der Waals surface area contributed by atoms with Crippen LogP contribution >= 0.6 is 11.6 Å². The number of nitrogens with one attached hydrogen (secondary N) is 1. The molecule has 3 rings (SSSR count). The van der Waals surface area contributed by atoms with E-state index < -0.39 is 10.0 Å². The monoisotopic (exact) mass is 394 g/mol. The smallest absolute Gasteiger partial charge is 0.261 e. The van der Waals surface area contributed by atoms with Crippen LogP contribution in [0.2, 0.25) is 5.02 Å². The van der Waals surface area contributed by atoms with Crippen LogP contribution in [0.15, 0.2) is 41.3 Å². The Kier molecular flexibility index (Phi) is 5.46. The minimum absolute atomic E-state index is 0.150. The van der Waals surface area contributed by atoms with Crippen molar-refractivity contribution in [1.29, 1.82) is 0 Å². The first-order valence-electron chi connectivity index (χ1n) is 8.45. The fraction of sp³-hybridized carbons (Fsp3) is 0.368. The minimum Gasteiger partial charge on any atom is -0.496 e. The molecule has 0 spiro atoms. The first-order chi connectivity index (χ1) is 12.3. The molecule has 0 saturated heterocycles. The molecule has 0 bridgehead atoms. The van der Waals surface area contributed by atoms with Gasteiger partial charge in [-0.2, -0.15) is 0 Å². The quantitative estimate of drug-likeness (QED) is 0.842. The number of rotatable bonds is 5. The molecule has 0 radical (unpaired) electrons. The van der Waals surface area contributed by atoms with Crippen LogP contribution in [0.3, 0.4) is 0 Å². The molecule has 1 aliphatic carbocycles. The number of anilines is 1. The highest BCUT2D eigenvalue weighted by atomic mass is 35.5. The number of fused-ring (bicyclic) bond motifs is 1. The van der Waals surface area contributed by atoms with Gasteiger partial charge in [-0.3, -0.25) is 4.72 Å². The molecule has 7 heteroatoms. The Bertz CT molecular complexity index is 913. The molecule has 0 heterocycles.